The molecule has 13 rings (SSSR count). The Balaban J connectivity index is 0.897. The largest absolute Gasteiger partial charge is 0.456 e. The van der Waals surface area contributed by atoms with Crippen LogP contribution in [0.3, 0.4) is 0 Å². The minimum absolute atomic E-state index is 0.256. The lowest BCUT2D eigenvalue weighted by Gasteiger charge is -2.28. The summed E-state index contributed by atoms with van der Waals surface area (Å²) >= 11 is 0. The van der Waals surface area contributed by atoms with Crippen molar-refractivity contribution >= 4 is 60.8 Å². The molecule has 3 heteroatoms. The second kappa shape index (κ2) is 15.3. The third kappa shape index (κ3) is 6.42. The first-order valence-corrected chi connectivity index (χ1v) is 23.6. The van der Waals surface area contributed by atoms with Crippen LogP contribution in [0.15, 0.2) is 223 Å². The van der Waals surface area contributed by atoms with Gasteiger partial charge in [-0.1, -0.05) is 146 Å². The summed E-state index contributed by atoms with van der Waals surface area (Å²) in [5.41, 5.74) is 23.4. The van der Waals surface area contributed by atoms with Crippen molar-refractivity contribution in [2.75, 3.05) is 4.90 Å². The molecule has 0 radical (unpaired) electrons. The van der Waals surface area contributed by atoms with E-state index in [1.54, 1.807) is 0 Å². The van der Waals surface area contributed by atoms with Gasteiger partial charge < -0.3 is 13.9 Å². The Labute approximate surface area is 396 Å². The molecule has 0 bridgehead atoms. The summed E-state index contributed by atoms with van der Waals surface area (Å²) in [5, 5.41) is 4.81. The lowest BCUT2D eigenvalue weighted by Crippen LogP contribution is -2.17. The van der Waals surface area contributed by atoms with Crippen LogP contribution in [-0.2, 0) is 5.41 Å². The molecule has 0 N–H and O–H groups in total. The Morgan fingerprint density at radius 1 is 0.368 bits per heavy atom. The molecule has 68 heavy (non-hydrogen) atoms. The molecular weight excluding hydrogens is 825 g/mol. The number of benzene rings is 10. The lowest BCUT2D eigenvalue weighted by molar-refractivity contribution is 0.660. The molecule has 0 saturated heterocycles. The Morgan fingerprint density at radius 3 is 1.44 bits per heavy atom. The minimum atomic E-state index is -0.256. The van der Waals surface area contributed by atoms with Crippen LogP contribution < -0.4 is 4.90 Å². The van der Waals surface area contributed by atoms with E-state index in [-0.39, 0.29) is 5.41 Å². The zero-order chi connectivity index (χ0) is 45.7. The molecule has 0 spiro atoms. The number of rotatable bonds is 7. The average Bonchev–Trinajstić information content (AvgIpc) is 3.98. The number of furan rings is 1. The molecule has 0 saturated carbocycles. The van der Waals surface area contributed by atoms with E-state index in [1.807, 2.05) is 0 Å². The van der Waals surface area contributed by atoms with E-state index in [9.17, 15) is 0 Å². The van der Waals surface area contributed by atoms with Gasteiger partial charge in [0.05, 0.1) is 11.0 Å². The maximum atomic E-state index is 6.24. The number of hydrogen-bond donors (Lipinski definition) is 0. The van der Waals surface area contributed by atoms with Gasteiger partial charge in [0.25, 0.3) is 0 Å². The predicted octanol–water partition coefficient (Wildman–Crippen LogP) is 18.1. The van der Waals surface area contributed by atoms with Crippen LogP contribution in [0.1, 0.15) is 36.1 Å². The van der Waals surface area contributed by atoms with E-state index in [2.05, 4.69) is 256 Å². The first-order chi connectivity index (χ1) is 33.2. The van der Waals surface area contributed by atoms with Crippen LogP contribution in [0.2, 0.25) is 0 Å². The average molecular weight is 873 g/mol. The molecule has 324 valence electrons. The van der Waals surface area contributed by atoms with Gasteiger partial charge in [-0.3, -0.25) is 0 Å². The molecule has 2 heterocycles. The first-order valence-electron chi connectivity index (χ1n) is 23.6. The summed E-state index contributed by atoms with van der Waals surface area (Å²) in [6.07, 6.45) is 0. The van der Waals surface area contributed by atoms with Crippen LogP contribution in [-0.4, -0.2) is 4.57 Å². The Hall–Kier alpha value is -8.40. The highest BCUT2D eigenvalue weighted by Crippen LogP contribution is 2.52. The monoisotopic (exact) mass is 872 g/mol. The molecular formula is C65H48N2O. The first kappa shape index (κ1) is 39.9. The maximum absolute atomic E-state index is 6.24. The van der Waals surface area contributed by atoms with Crippen molar-refractivity contribution in [3.63, 3.8) is 0 Å². The summed E-state index contributed by atoms with van der Waals surface area (Å²) in [6, 6.07) is 80.3. The van der Waals surface area contributed by atoms with Gasteiger partial charge in [-0.15, -0.1) is 0 Å². The second-order valence-electron chi connectivity index (χ2n) is 19.1. The van der Waals surface area contributed by atoms with Crippen LogP contribution in [0.5, 0.6) is 0 Å². The molecule has 0 fully saturated rings. The molecule has 0 unspecified atom stereocenters. The number of nitrogens with zero attached hydrogens (tertiary/aromatic N) is 2. The van der Waals surface area contributed by atoms with Gasteiger partial charge in [-0.25, -0.2) is 0 Å². The molecule has 0 aliphatic heterocycles. The maximum Gasteiger partial charge on any atom is 0.135 e. The number of fused-ring (bicyclic) bond motifs is 9. The van der Waals surface area contributed by atoms with Crippen LogP contribution >= 0.6 is 0 Å². The zero-order valence-corrected chi connectivity index (χ0v) is 38.6. The second-order valence-corrected chi connectivity index (χ2v) is 19.1. The quantitative estimate of drug-likeness (QED) is 0.159. The zero-order valence-electron chi connectivity index (χ0n) is 38.6. The molecule has 2 aromatic heterocycles. The van der Waals surface area contributed by atoms with Gasteiger partial charge in [0, 0.05) is 49.7 Å². The fraction of sp³-hybridized carbons (Fsp3) is 0.0769. The van der Waals surface area contributed by atoms with E-state index in [0.717, 1.165) is 39.0 Å². The van der Waals surface area contributed by atoms with Crippen molar-refractivity contribution in [1.82, 2.24) is 4.57 Å². The fourth-order valence-corrected chi connectivity index (χ4v) is 11.0. The molecule has 3 nitrogen and oxygen atoms in total. The van der Waals surface area contributed by atoms with Crippen molar-refractivity contribution in [3.8, 4) is 50.2 Å². The molecule has 10 aromatic carbocycles. The predicted molar refractivity (Wildman–Crippen MR) is 286 cm³/mol. The van der Waals surface area contributed by atoms with Gasteiger partial charge >= 0.3 is 0 Å². The van der Waals surface area contributed by atoms with Gasteiger partial charge in [-0.2, -0.15) is 0 Å². The third-order valence-electron chi connectivity index (χ3n) is 14.5. The van der Waals surface area contributed by atoms with Crippen molar-refractivity contribution in [1.29, 1.82) is 0 Å². The van der Waals surface area contributed by atoms with E-state index >= 15 is 0 Å². The number of anilines is 3. The SMILES string of the molecule is Cc1ccc2oc3ccc(-c4ccc5c(c4)c4cc(C)ccc4n5-c4ccc5c(c4)C(C)(C)c4cc(N(c6ccc(-c7ccccc7)cc6)c6ccc(-c7ccccc7)cc6)ccc4-5)cc3c2c1. The summed E-state index contributed by atoms with van der Waals surface area (Å²) in [4.78, 5) is 2.40. The highest BCUT2D eigenvalue weighted by Gasteiger charge is 2.36. The summed E-state index contributed by atoms with van der Waals surface area (Å²) in [5.74, 6) is 0. The van der Waals surface area contributed by atoms with E-state index in [4.69, 9.17) is 4.42 Å². The smallest absolute Gasteiger partial charge is 0.135 e. The minimum Gasteiger partial charge on any atom is -0.456 e. The topological polar surface area (TPSA) is 21.3 Å². The molecule has 12 aromatic rings. The van der Waals surface area contributed by atoms with Crippen molar-refractivity contribution in [2.24, 2.45) is 0 Å². The van der Waals surface area contributed by atoms with Gasteiger partial charge in [-0.05, 0) is 167 Å². The van der Waals surface area contributed by atoms with Crippen molar-refractivity contribution in [3.05, 3.63) is 241 Å². The number of aryl methyl sites for hydroxylation is 2. The fourth-order valence-electron chi connectivity index (χ4n) is 11.0. The molecule has 1 aliphatic rings. The van der Waals surface area contributed by atoms with Crippen LogP contribution in [0, 0.1) is 13.8 Å². The number of aromatic nitrogens is 1. The van der Waals surface area contributed by atoms with E-state index in [1.165, 1.54) is 94.3 Å². The Morgan fingerprint density at radius 2 is 0.809 bits per heavy atom. The molecule has 0 atom stereocenters. The van der Waals surface area contributed by atoms with E-state index in [0.29, 0.717) is 0 Å². The van der Waals surface area contributed by atoms with Crippen molar-refractivity contribution < 1.29 is 4.42 Å². The normalized spacial score (nSPS) is 12.8. The molecule has 0 amide bonds. The standard InChI is InChI=1S/C65H48N2O/c1-41-15-31-61-55(35-41)56-37-47(48-22-34-64-58(38-48)57-36-42(2)16-33-63(57)68-64)21-32-62(56)67(61)52-28-30-54-53-29-27-51(39-59(53)65(3,4)60(54)40-52)66(49-23-17-45(18-24-49)43-11-7-5-8-12-43)50-25-19-46(20-26-50)44-13-9-6-10-14-44/h5-40H,1-4H3. The van der Waals surface area contributed by atoms with Crippen molar-refractivity contribution in [2.45, 2.75) is 33.1 Å². The molecule has 1 aliphatic carbocycles. The number of hydrogen-bond acceptors (Lipinski definition) is 2. The lowest BCUT2D eigenvalue weighted by atomic mass is 9.82. The van der Waals surface area contributed by atoms with Crippen LogP contribution in [0.4, 0.5) is 17.1 Å². The third-order valence-corrected chi connectivity index (χ3v) is 14.5. The van der Waals surface area contributed by atoms with Gasteiger partial charge in [0.1, 0.15) is 11.2 Å². The summed E-state index contributed by atoms with van der Waals surface area (Å²) in [7, 11) is 0. The highest BCUT2D eigenvalue weighted by molar-refractivity contribution is 6.12. The Kier molecular flexibility index (Phi) is 9.00. The summed E-state index contributed by atoms with van der Waals surface area (Å²) < 4.78 is 8.71. The van der Waals surface area contributed by atoms with Gasteiger partial charge in [0.15, 0.2) is 0 Å². The summed E-state index contributed by atoms with van der Waals surface area (Å²) in [6.45, 7) is 9.11. The highest BCUT2D eigenvalue weighted by atomic mass is 16.3. The van der Waals surface area contributed by atoms with E-state index < -0.39 is 0 Å². The Bertz CT molecular complexity index is 3850. The van der Waals surface area contributed by atoms with Gasteiger partial charge in [0.2, 0.25) is 0 Å². The van der Waals surface area contributed by atoms with Crippen LogP contribution in [0.25, 0.3) is 93.9 Å².